The van der Waals surface area contributed by atoms with Crippen molar-refractivity contribution in [2.75, 3.05) is 0 Å². The van der Waals surface area contributed by atoms with E-state index in [0.717, 1.165) is 6.42 Å². The molecule has 0 spiro atoms. The minimum atomic E-state index is -0.732. The second kappa shape index (κ2) is 9.67. The van der Waals surface area contributed by atoms with Gasteiger partial charge in [0.2, 0.25) is 11.7 Å². The molecule has 2 atom stereocenters. The van der Waals surface area contributed by atoms with Crippen LogP contribution in [0.25, 0.3) is 17.4 Å². The third kappa shape index (κ3) is 4.82. The number of aryl methyl sites for hydroxylation is 1. The van der Waals surface area contributed by atoms with E-state index in [0.29, 0.717) is 22.9 Å². The molecule has 9 heteroatoms. The molecule has 0 aliphatic carbocycles. The topological polar surface area (TPSA) is 117 Å². The van der Waals surface area contributed by atoms with Gasteiger partial charge in [-0.2, -0.15) is 0 Å². The van der Waals surface area contributed by atoms with Gasteiger partial charge in [0.15, 0.2) is 0 Å². The number of halogens is 2. The van der Waals surface area contributed by atoms with Crippen molar-refractivity contribution in [2.24, 2.45) is 17.4 Å². The molecular formula is C23H26F2N6O. The van der Waals surface area contributed by atoms with Crippen molar-refractivity contribution in [1.29, 1.82) is 0 Å². The first-order valence-electron chi connectivity index (χ1n) is 10.3. The molecule has 0 bridgehead atoms. The third-order valence-corrected chi connectivity index (χ3v) is 5.34. The van der Waals surface area contributed by atoms with Gasteiger partial charge in [-0.15, -0.1) is 10.2 Å². The van der Waals surface area contributed by atoms with Gasteiger partial charge in [-0.25, -0.2) is 18.7 Å². The zero-order valence-corrected chi connectivity index (χ0v) is 18.4. The molecule has 0 fully saturated rings. The van der Waals surface area contributed by atoms with Crippen molar-refractivity contribution >= 4 is 5.70 Å². The molecule has 2 aromatic heterocycles. The molecule has 0 radical (unpaired) electrons. The second-order valence-electron chi connectivity index (χ2n) is 7.57. The van der Waals surface area contributed by atoms with Crippen molar-refractivity contribution in [3.05, 3.63) is 76.6 Å². The van der Waals surface area contributed by atoms with Gasteiger partial charge in [-0.1, -0.05) is 26.8 Å². The molecule has 3 aromatic rings. The summed E-state index contributed by atoms with van der Waals surface area (Å²) in [5.41, 5.74) is 14.2. The van der Waals surface area contributed by atoms with E-state index in [1.165, 1.54) is 18.2 Å². The number of nitrogens with two attached hydrogens (primary N) is 2. The quantitative estimate of drug-likeness (QED) is 0.520. The van der Waals surface area contributed by atoms with Crippen LogP contribution >= 0.6 is 0 Å². The lowest BCUT2D eigenvalue weighted by molar-refractivity contribution is 0.528. The summed E-state index contributed by atoms with van der Waals surface area (Å²) in [7, 11) is 0. The Hall–Kier alpha value is -3.62. The lowest BCUT2D eigenvalue weighted by atomic mass is 9.89. The molecule has 7 nitrogen and oxygen atoms in total. The number of hydrogen-bond acceptors (Lipinski definition) is 7. The number of nitrogens with zero attached hydrogens (tertiary/aromatic N) is 4. The monoisotopic (exact) mass is 440 g/mol. The minimum Gasteiger partial charge on any atom is -0.418 e. The third-order valence-electron chi connectivity index (χ3n) is 5.34. The van der Waals surface area contributed by atoms with E-state index in [4.69, 9.17) is 15.9 Å². The molecule has 0 aliphatic rings. The summed E-state index contributed by atoms with van der Waals surface area (Å²) in [6.45, 7) is 7.54. The molecule has 0 saturated heterocycles. The van der Waals surface area contributed by atoms with E-state index < -0.39 is 11.6 Å². The molecule has 3 rings (SSSR count). The van der Waals surface area contributed by atoms with E-state index in [2.05, 4.69) is 20.2 Å². The van der Waals surface area contributed by atoms with Gasteiger partial charge in [-0.05, 0) is 42.2 Å². The highest BCUT2D eigenvalue weighted by Crippen LogP contribution is 2.30. The Labute approximate surface area is 185 Å². The van der Waals surface area contributed by atoms with Crippen molar-refractivity contribution in [1.82, 2.24) is 20.2 Å². The Morgan fingerprint density at radius 3 is 2.41 bits per heavy atom. The number of rotatable bonds is 7. The van der Waals surface area contributed by atoms with Gasteiger partial charge in [0.05, 0.1) is 11.3 Å². The molecule has 0 amide bonds. The van der Waals surface area contributed by atoms with Crippen molar-refractivity contribution < 1.29 is 13.2 Å². The largest absolute Gasteiger partial charge is 0.418 e. The predicted molar refractivity (Wildman–Crippen MR) is 118 cm³/mol. The van der Waals surface area contributed by atoms with Gasteiger partial charge < -0.3 is 15.9 Å². The summed E-state index contributed by atoms with van der Waals surface area (Å²) in [5, 5.41) is 7.74. The smallest absolute Gasteiger partial charge is 0.285 e. The van der Waals surface area contributed by atoms with E-state index in [-0.39, 0.29) is 34.8 Å². The standard InChI is InChI=1S/C23H26F2N6O/c1-5-12(2)15(11-18(26)20-16(24)7-6-8-17(20)25)21(27)13(3)19-9-10-28-22(29-19)23-31-30-14(4)32-23/h6-13H,5,26-27H2,1-4H3/b18-11-,21-15+/t12-,13?/m1/s1. The van der Waals surface area contributed by atoms with Gasteiger partial charge in [0.1, 0.15) is 11.6 Å². The summed E-state index contributed by atoms with van der Waals surface area (Å²) >= 11 is 0. The SMILES string of the molecule is CC[C@@H](C)C(/C=C(\N)c1c(F)cccc1F)=C(/N)C(C)c1ccnc(-c2nnc(C)o2)n1. The molecule has 168 valence electrons. The molecule has 1 unspecified atom stereocenters. The van der Waals surface area contributed by atoms with Crippen LogP contribution in [0.4, 0.5) is 8.78 Å². The Morgan fingerprint density at radius 1 is 1.12 bits per heavy atom. The van der Waals surface area contributed by atoms with Crippen LogP contribution in [0.2, 0.25) is 0 Å². The molecule has 4 N–H and O–H groups in total. The summed E-state index contributed by atoms with van der Waals surface area (Å²) in [6.07, 6.45) is 3.89. The molecule has 2 heterocycles. The predicted octanol–water partition coefficient (Wildman–Crippen LogP) is 4.48. The van der Waals surface area contributed by atoms with E-state index in [1.54, 1.807) is 25.3 Å². The van der Waals surface area contributed by atoms with Crippen LogP contribution in [-0.2, 0) is 0 Å². The molecule has 32 heavy (non-hydrogen) atoms. The van der Waals surface area contributed by atoms with Crippen molar-refractivity contribution in [3.8, 4) is 11.7 Å². The van der Waals surface area contributed by atoms with Crippen LogP contribution in [0.1, 0.15) is 50.3 Å². The molecule has 0 saturated carbocycles. The first kappa shape index (κ1) is 23.1. The summed E-state index contributed by atoms with van der Waals surface area (Å²) in [6, 6.07) is 5.36. The number of allylic oxidation sites excluding steroid dienone is 3. The van der Waals surface area contributed by atoms with Gasteiger partial charge in [0.25, 0.3) is 5.89 Å². The molecule has 1 aromatic carbocycles. The van der Waals surface area contributed by atoms with E-state index in [9.17, 15) is 8.78 Å². The summed E-state index contributed by atoms with van der Waals surface area (Å²) in [4.78, 5) is 8.71. The van der Waals surface area contributed by atoms with Crippen LogP contribution < -0.4 is 11.5 Å². The molecular weight excluding hydrogens is 414 g/mol. The fraction of sp³-hybridized carbons (Fsp3) is 0.304. The Kier molecular flexibility index (Phi) is 6.97. The number of benzene rings is 1. The molecule has 0 aliphatic heterocycles. The maximum Gasteiger partial charge on any atom is 0.285 e. The van der Waals surface area contributed by atoms with Crippen LogP contribution in [0, 0.1) is 24.5 Å². The highest BCUT2D eigenvalue weighted by molar-refractivity contribution is 5.67. The lowest BCUT2D eigenvalue weighted by Crippen LogP contribution is -2.16. The van der Waals surface area contributed by atoms with Crippen molar-refractivity contribution in [2.45, 2.75) is 40.0 Å². The van der Waals surface area contributed by atoms with Crippen molar-refractivity contribution in [3.63, 3.8) is 0 Å². The fourth-order valence-electron chi connectivity index (χ4n) is 3.26. The fourth-order valence-corrected chi connectivity index (χ4v) is 3.26. The highest BCUT2D eigenvalue weighted by Gasteiger charge is 2.20. The average molecular weight is 440 g/mol. The van der Waals surface area contributed by atoms with Crippen LogP contribution in [0.15, 0.2) is 52.2 Å². The zero-order valence-electron chi connectivity index (χ0n) is 18.4. The highest BCUT2D eigenvalue weighted by atomic mass is 19.1. The van der Waals surface area contributed by atoms with Crippen LogP contribution in [0.5, 0.6) is 0 Å². The van der Waals surface area contributed by atoms with Crippen LogP contribution in [0.3, 0.4) is 0 Å². The maximum absolute atomic E-state index is 14.2. The zero-order chi connectivity index (χ0) is 23.4. The summed E-state index contributed by atoms with van der Waals surface area (Å²) < 4.78 is 33.8. The van der Waals surface area contributed by atoms with Gasteiger partial charge in [-0.3, -0.25) is 0 Å². The first-order chi connectivity index (χ1) is 15.2. The second-order valence-corrected chi connectivity index (χ2v) is 7.57. The summed E-state index contributed by atoms with van der Waals surface area (Å²) in [5.74, 6) is -0.906. The van der Waals surface area contributed by atoms with E-state index >= 15 is 0 Å². The van der Waals surface area contributed by atoms with Gasteiger partial charge in [0, 0.05) is 30.4 Å². The normalized spacial score (nSPS) is 14.8. The lowest BCUT2D eigenvalue weighted by Gasteiger charge is -2.20. The number of aromatic nitrogens is 4. The Balaban J connectivity index is 2.04. The Morgan fingerprint density at radius 2 is 1.81 bits per heavy atom. The average Bonchev–Trinajstić information content (AvgIpc) is 3.22. The van der Waals surface area contributed by atoms with Gasteiger partial charge >= 0.3 is 0 Å². The Bertz CT molecular complexity index is 1150. The van der Waals surface area contributed by atoms with E-state index in [1.807, 2.05) is 20.8 Å². The first-order valence-corrected chi connectivity index (χ1v) is 10.3. The minimum absolute atomic E-state index is 0.00858. The maximum atomic E-state index is 14.2. The van der Waals surface area contributed by atoms with Crippen LogP contribution in [-0.4, -0.2) is 20.2 Å². The number of hydrogen-bond donors (Lipinski definition) is 2.